The van der Waals surface area contributed by atoms with Gasteiger partial charge in [-0.05, 0) is 43.2 Å². The van der Waals surface area contributed by atoms with Crippen molar-refractivity contribution in [2.24, 2.45) is 0 Å². The molecular weight excluding hydrogens is 315 g/mol. The Balaban J connectivity index is 1.98. The molecule has 1 aromatic carbocycles. The van der Waals surface area contributed by atoms with Gasteiger partial charge in [-0.2, -0.15) is 0 Å². The molecule has 1 aromatic heterocycles. The van der Waals surface area contributed by atoms with E-state index in [0.717, 1.165) is 0 Å². The molecule has 128 valence electrons. The number of aliphatic hydroxyl groups is 1. The third-order valence-electron chi connectivity index (χ3n) is 3.46. The van der Waals surface area contributed by atoms with E-state index in [1.807, 2.05) is 6.92 Å². The largest absolute Gasteiger partial charge is 0.464 e. The Morgan fingerprint density at radius 2 is 2.08 bits per heavy atom. The van der Waals surface area contributed by atoms with E-state index in [0.29, 0.717) is 24.2 Å². The molecule has 0 spiro atoms. The smallest absolute Gasteiger partial charge is 0.313 e. The number of halogens is 1. The number of aliphatic hydroxyl groups excluding tert-OH is 1. The summed E-state index contributed by atoms with van der Waals surface area (Å²) in [4.78, 5) is 23.5. The quantitative estimate of drug-likeness (QED) is 0.707. The van der Waals surface area contributed by atoms with Crippen LogP contribution < -0.4 is 10.6 Å². The van der Waals surface area contributed by atoms with Gasteiger partial charge < -0.3 is 20.2 Å². The summed E-state index contributed by atoms with van der Waals surface area (Å²) in [6.45, 7) is 1.98. The second kappa shape index (κ2) is 8.26. The highest BCUT2D eigenvalue weighted by Gasteiger charge is 2.16. The monoisotopic (exact) mass is 334 g/mol. The fourth-order valence-corrected chi connectivity index (χ4v) is 2.03. The average Bonchev–Trinajstić information content (AvgIpc) is 3.10. The third-order valence-corrected chi connectivity index (χ3v) is 3.46. The van der Waals surface area contributed by atoms with Gasteiger partial charge in [-0.3, -0.25) is 9.59 Å². The van der Waals surface area contributed by atoms with E-state index in [9.17, 15) is 19.1 Å². The Labute approximate surface area is 138 Å². The number of hydrogen-bond acceptors (Lipinski definition) is 4. The molecule has 3 N–H and O–H groups in total. The van der Waals surface area contributed by atoms with Crippen molar-refractivity contribution in [1.29, 1.82) is 0 Å². The molecule has 0 bridgehead atoms. The summed E-state index contributed by atoms with van der Waals surface area (Å²) in [5.41, 5.74) is 0.459. The Kier molecular flexibility index (Phi) is 6.08. The summed E-state index contributed by atoms with van der Waals surface area (Å²) >= 11 is 0. The number of anilines is 1. The first-order valence-electron chi connectivity index (χ1n) is 7.62. The van der Waals surface area contributed by atoms with Crippen LogP contribution in [0.15, 0.2) is 41.0 Å². The van der Waals surface area contributed by atoms with Gasteiger partial charge in [0.25, 0.3) is 0 Å². The molecule has 0 aliphatic carbocycles. The SMILES string of the molecule is CCC(O)CCNC(=O)C(=O)Nc1cc(-c2ccco2)ccc1F. The molecule has 0 radical (unpaired) electrons. The Hall–Kier alpha value is -2.67. The normalized spacial score (nSPS) is 11.8. The highest BCUT2D eigenvalue weighted by atomic mass is 19.1. The molecular formula is C17H19FN2O4. The van der Waals surface area contributed by atoms with E-state index in [2.05, 4.69) is 10.6 Å². The molecule has 2 aromatic rings. The Morgan fingerprint density at radius 1 is 1.29 bits per heavy atom. The maximum Gasteiger partial charge on any atom is 0.313 e. The zero-order valence-corrected chi connectivity index (χ0v) is 13.2. The minimum atomic E-state index is -0.975. The number of amides is 2. The highest BCUT2D eigenvalue weighted by Crippen LogP contribution is 2.25. The lowest BCUT2D eigenvalue weighted by Crippen LogP contribution is -2.37. The van der Waals surface area contributed by atoms with E-state index < -0.39 is 23.7 Å². The lowest BCUT2D eigenvalue weighted by molar-refractivity contribution is -0.136. The van der Waals surface area contributed by atoms with Crippen molar-refractivity contribution >= 4 is 17.5 Å². The number of rotatable bonds is 6. The van der Waals surface area contributed by atoms with Gasteiger partial charge in [-0.1, -0.05) is 6.92 Å². The van der Waals surface area contributed by atoms with Crippen LogP contribution in [-0.4, -0.2) is 29.6 Å². The predicted molar refractivity (Wildman–Crippen MR) is 86.7 cm³/mol. The lowest BCUT2D eigenvalue weighted by atomic mass is 10.1. The number of nitrogens with one attached hydrogen (secondary N) is 2. The van der Waals surface area contributed by atoms with Crippen LogP contribution in [0.4, 0.5) is 10.1 Å². The fourth-order valence-electron chi connectivity index (χ4n) is 2.03. The van der Waals surface area contributed by atoms with E-state index >= 15 is 0 Å². The maximum absolute atomic E-state index is 13.8. The van der Waals surface area contributed by atoms with Gasteiger partial charge in [-0.15, -0.1) is 0 Å². The minimum Gasteiger partial charge on any atom is -0.464 e. The van der Waals surface area contributed by atoms with Gasteiger partial charge in [0.2, 0.25) is 0 Å². The second-order valence-corrected chi connectivity index (χ2v) is 5.23. The molecule has 6 nitrogen and oxygen atoms in total. The van der Waals surface area contributed by atoms with Crippen molar-refractivity contribution in [2.45, 2.75) is 25.9 Å². The molecule has 2 amide bonds. The van der Waals surface area contributed by atoms with Crippen LogP contribution in [0.2, 0.25) is 0 Å². The Morgan fingerprint density at radius 3 is 2.75 bits per heavy atom. The maximum atomic E-state index is 13.8. The summed E-state index contributed by atoms with van der Waals surface area (Å²) in [6.07, 6.45) is 1.86. The zero-order valence-electron chi connectivity index (χ0n) is 13.2. The van der Waals surface area contributed by atoms with Crippen LogP contribution in [0.3, 0.4) is 0 Å². The number of carbonyl (C=O) groups excluding carboxylic acids is 2. The first-order chi connectivity index (χ1) is 11.5. The van der Waals surface area contributed by atoms with Gasteiger partial charge in [0, 0.05) is 12.1 Å². The molecule has 7 heteroatoms. The molecule has 24 heavy (non-hydrogen) atoms. The van der Waals surface area contributed by atoms with Crippen LogP contribution >= 0.6 is 0 Å². The lowest BCUT2D eigenvalue weighted by Gasteiger charge is -2.10. The van der Waals surface area contributed by atoms with Crippen molar-refractivity contribution in [2.75, 3.05) is 11.9 Å². The molecule has 1 unspecified atom stereocenters. The fraction of sp³-hybridized carbons (Fsp3) is 0.294. The third kappa shape index (κ3) is 4.66. The zero-order chi connectivity index (χ0) is 17.5. The standard InChI is InChI=1S/C17H19FN2O4/c1-2-12(21)7-8-19-16(22)17(23)20-14-10-11(5-6-13(14)18)15-4-3-9-24-15/h3-6,9-10,12,21H,2,7-8H2,1H3,(H,19,22)(H,20,23). The predicted octanol–water partition coefficient (Wildman–Crippen LogP) is 2.30. The van der Waals surface area contributed by atoms with E-state index in [1.54, 1.807) is 12.1 Å². The van der Waals surface area contributed by atoms with E-state index in [1.165, 1.54) is 24.5 Å². The molecule has 1 atom stereocenters. The van der Waals surface area contributed by atoms with Crippen LogP contribution in [0, 0.1) is 5.82 Å². The molecule has 0 fully saturated rings. The van der Waals surface area contributed by atoms with Crippen LogP contribution in [0.1, 0.15) is 19.8 Å². The second-order valence-electron chi connectivity index (χ2n) is 5.23. The summed E-state index contributed by atoms with van der Waals surface area (Å²) < 4.78 is 19.0. The van der Waals surface area contributed by atoms with Gasteiger partial charge in [0.05, 0.1) is 18.1 Å². The van der Waals surface area contributed by atoms with Gasteiger partial charge >= 0.3 is 11.8 Å². The molecule has 1 heterocycles. The summed E-state index contributed by atoms with van der Waals surface area (Å²) in [6, 6.07) is 7.47. The van der Waals surface area contributed by atoms with E-state index in [-0.39, 0.29) is 12.2 Å². The van der Waals surface area contributed by atoms with Crippen LogP contribution in [0.25, 0.3) is 11.3 Å². The molecule has 0 aliphatic rings. The van der Waals surface area contributed by atoms with Crippen molar-refractivity contribution in [3.8, 4) is 11.3 Å². The van der Waals surface area contributed by atoms with Crippen molar-refractivity contribution in [3.05, 3.63) is 42.4 Å². The molecule has 0 saturated carbocycles. The number of carbonyl (C=O) groups is 2. The number of hydrogen-bond donors (Lipinski definition) is 3. The van der Waals surface area contributed by atoms with Gasteiger partial charge in [-0.25, -0.2) is 4.39 Å². The number of benzene rings is 1. The van der Waals surface area contributed by atoms with Crippen LogP contribution in [-0.2, 0) is 9.59 Å². The number of furan rings is 1. The van der Waals surface area contributed by atoms with Crippen molar-refractivity contribution < 1.29 is 23.5 Å². The minimum absolute atomic E-state index is 0.113. The average molecular weight is 334 g/mol. The first-order valence-corrected chi connectivity index (χ1v) is 7.62. The highest BCUT2D eigenvalue weighted by molar-refractivity contribution is 6.39. The molecule has 0 saturated heterocycles. The molecule has 0 aliphatic heterocycles. The van der Waals surface area contributed by atoms with Gasteiger partial charge in [0.15, 0.2) is 0 Å². The van der Waals surface area contributed by atoms with Crippen molar-refractivity contribution in [3.63, 3.8) is 0 Å². The van der Waals surface area contributed by atoms with Crippen LogP contribution in [0.5, 0.6) is 0 Å². The van der Waals surface area contributed by atoms with Crippen molar-refractivity contribution in [1.82, 2.24) is 5.32 Å². The summed E-state index contributed by atoms with van der Waals surface area (Å²) in [7, 11) is 0. The summed E-state index contributed by atoms with van der Waals surface area (Å²) in [5.74, 6) is -2.01. The Bertz CT molecular complexity index is 701. The van der Waals surface area contributed by atoms with Gasteiger partial charge in [0.1, 0.15) is 11.6 Å². The topological polar surface area (TPSA) is 91.6 Å². The molecule has 2 rings (SSSR count). The first kappa shape index (κ1) is 17.7. The van der Waals surface area contributed by atoms with E-state index in [4.69, 9.17) is 4.42 Å². The summed E-state index contributed by atoms with van der Waals surface area (Å²) in [5, 5.41) is 14.0.